The van der Waals surface area contributed by atoms with E-state index in [1.807, 2.05) is 0 Å². The van der Waals surface area contributed by atoms with E-state index in [1.165, 1.54) is 0 Å². The minimum atomic E-state index is -5.38. The molecule has 6 heavy (non-hydrogen) atoms. The summed E-state index contributed by atoms with van der Waals surface area (Å²) in [6.07, 6.45) is 0. The summed E-state index contributed by atoms with van der Waals surface area (Å²) in [6.45, 7) is 0. The number of hydrogen-bond donors (Lipinski definition) is 1. The maximum atomic E-state index is 8.69. The van der Waals surface area contributed by atoms with Crippen molar-refractivity contribution in [2.45, 2.75) is 0 Å². The molecule has 4 nitrogen and oxygen atoms in total. The van der Waals surface area contributed by atoms with E-state index in [-0.39, 0.29) is 12.4 Å². The van der Waals surface area contributed by atoms with Gasteiger partial charge in [-0.15, -0.1) is 12.4 Å². The van der Waals surface area contributed by atoms with Crippen LogP contribution >= 0.6 is 12.4 Å². The van der Waals surface area contributed by atoms with Crippen molar-refractivity contribution in [3.63, 3.8) is 0 Å². The first kappa shape index (κ1) is 9.48. The van der Waals surface area contributed by atoms with Gasteiger partial charge in [-0.3, -0.25) is 0 Å². The van der Waals surface area contributed by atoms with Crippen molar-refractivity contribution >= 4 is 12.4 Å². The van der Waals surface area contributed by atoms with Gasteiger partial charge in [-0.1, -0.05) is 0 Å². The molecule has 0 aromatic heterocycles. The van der Waals surface area contributed by atoms with Gasteiger partial charge in [-0.05, 0) is 0 Å². The number of rotatable bonds is 0. The summed E-state index contributed by atoms with van der Waals surface area (Å²) in [5, 5.41) is 0. The molecule has 40 valence electrons. The van der Waals surface area contributed by atoms with Crippen LogP contribution in [-0.2, 0) is 24.5 Å². The second kappa shape index (κ2) is 2.36. The van der Waals surface area contributed by atoms with Gasteiger partial charge < -0.3 is 0 Å². The Kier molecular flexibility index (Phi) is 3.73. The molecule has 0 aromatic rings. The molecule has 0 saturated heterocycles. The maximum absolute atomic E-state index is 8.69. The molecule has 0 rings (SSSR count). The number of hydrogen-bond acceptors (Lipinski definition) is 3. The molecular weight excluding hydrogens is 154 g/mol. The van der Waals surface area contributed by atoms with Gasteiger partial charge in [0.1, 0.15) is 0 Å². The predicted octanol–water partition coefficient (Wildman–Crippen LogP) is -0.494. The van der Waals surface area contributed by atoms with Gasteiger partial charge >= 0.3 is 28.7 Å². The van der Waals surface area contributed by atoms with Gasteiger partial charge in [0.2, 0.25) is 0 Å². The van der Waals surface area contributed by atoms with Crippen LogP contribution in [0, 0.1) is 0 Å². The van der Waals surface area contributed by atoms with E-state index in [1.54, 1.807) is 0 Å². The van der Waals surface area contributed by atoms with Crippen LogP contribution in [0.1, 0.15) is 0 Å². The topological polar surface area (TPSA) is 71.4 Å². The average molecular weight is 156 g/mol. The van der Waals surface area contributed by atoms with E-state index >= 15 is 0 Å². The minimum absolute atomic E-state index is 0. The Morgan fingerprint density at radius 2 is 1.17 bits per heavy atom. The summed E-state index contributed by atoms with van der Waals surface area (Å²) in [5.41, 5.74) is 0. The molecule has 0 saturated carbocycles. The third-order valence-electron chi connectivity index (χ3n) is 0. The summed E-state index contributed by atoms with van der Waals surface area (Å²) in [4.78, 5) is 0. The normalized spacial score (nSPS) is 9.50. The standard InChI is InChI=1S/ClH.Mn.H2O.3O/h1H;;1H2;;;/q;+1;;;;/p-1. The zero-order valence-electron chi connectivity index (χ0n) is 2.46. The molecule has 1 N–H and O–H groups in total. The van der Waals surface area contributed by atoms with Crippen molar-refractivity contribution in [1.29, 1.82) is 0 Å². The van der Waals surface area contributed by atoms with Gasteiger partial charge in [0.25, 0.3) is 0 Å². The van der Waals surface area contributed by atoms with Crippen LogP contribution in [-0.4, -0.2) is 4.19 Å². The molecule has 0 heterocycles. The van der Waals surface area contributed by atoms with Gasteiger partial charge in [0, 0.05) is 0 Å². The zero-order valence-corrected chi connectivity index (χ0v) is 4.46. The monoisotopic (exact) mass is 156 g/mol. The Morgan fingerprint density at radius 3 is 1.17 bits per heavy atom. The molecule has 0 atom stereocenters. The molecule has 6 heteroatoms. The number of halogens is 1. The van der Waals surface area contributed by atoms with Crippen LogP contribution in [0.5, 0.6) is 0 Å². The molecule has 0 aromatic carbocycles. The second-order valence-electron chi connectivity index (χ2n) is 0.396. The van der Waals surface area contributed by atoms with Crippen molar-refractivity contribution < 1.29 is 28.7 Å². The fourth-order valence-electron chi connectivity index (χ4n) is 0. The van der Waals surface area contributed by atoms with Crippen LogP contribution in [0.15, 0.2) is 0 Å². The third kappa shape index (κ3) is 1460. The molecule has 0 aliphatic rings. The van der Waals surface area contributed by atoms with Gasteiger partial charge in [0.15, 0.2) is 0 Å². The fraction of sp³-hybridized carbons (Fsp3) is 0. The van der Waals surface area contributed by atoms with Gasteiger partial charge in [-0.2, -0.15) is 0 Å². The van der Waals surface area contributed by atoms with Crippen molar-refractivity contribution in [2.75, 3.05) is 0 Å². The van der Waals surface area contributed by atoms with Gasteiger partial charge in [-0.25, -0.2) is 0 Å². The molecule has 0 fully saturated rings. The quantitative estimate of drug-likeness (QED) is 0.480. The van der Waals surface area contributed by atoms with Gasteiger partial charge in [0.05, 0.1) is 0 Å². The summed E-state index contributed by atoms with van der Waals surface area (Å²) >= 11 is -5.38. The second-order valence-corrected chi connectivity index (χ2v) is 1.63. The van der Waals surface area contributed by atoms with E-state index < -0.39 is 13.0 Å². The summed E-state index contributed by atoms with van der Waals surface area (Å²) in [7, 11) is 0. The Hall–Kier alpha value is 0.169. The Morgan fingerprint density at radius 1 is 1.17 bits per heavy atom. The SMILES string of the molecule is Cl.[O]=[Mn](=[O])(=[O])[OH]. The Balaban J connectivity index is 0. The first-order valence-electron chi connectivity index (χ1n) is 0.632. The molecule has 0 unspecified atom stereocenters. The van der Waals surface area contributed by atoms with E-state index in [0.717, 1.165) is 0 Å². The molecular formula is H2ClMnO4. The van der Waals surface area contributed by atoms with Crippen molar-refractivity contribution in [3.8, 4) is 0 Å². The summed E-state index contributed by atoms with van der Waals surface area (Å²) < 4.78 is 33.1. The van der Waals surface area contributed by atoms with E-state index in [2.05, 4.69) is 0 Å². The summed E-state index contributed by atoms with van der Waals surface area (Å²) in [5.74, 6) is 0. The molecule has 0 bridgehead atoms. The van der Waals surface area contributed by atoms with Crippen LogP contribution < -0.4 is 0 Å². The Bertz CT molecular complexity index is 129. The molecule has 0 radical (unpaired) electrons. The zero-order chi connectivity index (χ0) is 4.50. The first-order valence-corrected chi connectivity index (χ1v) is 2.61. The van der Waals surface area contributed by atoms with E-state index in [4.69, 9.17) is 15.7 Å². The van der Waals surface area contributed by atoms with Crippen LogP contribution in [0.4, 0.5) is 0 Å². The third-order valence-corrected chi connectivity index (χ3v) is 0. The first-order chi connectivity index (χ1) is 2.00. The summed E-state index contributed by atoms with van der Waals surface area (Å²) in [6, 6.07) is 0. The Labute approximate surface area is 41.7 Å². The molecule has 0 aliphatic carbocycles. The van der Waals surface area contributed by atoms with E-state index in [0.29, 0.717) is 0 Å². The van der Waals surface area contributed by atoms with Crippen molar-refractivity contribution in [1.82, 2.24) is 0 Å². The average Bonchev–Trinajstić information content (AvgIpc) is 0.722. The molecule has 0 spiro atoms. The van der Waals surface area contributed by atoms with Crippen LogP contribution in [0.25, 0.3) is 0 Å². The molecule has 0 aliphatic heterocycles. The van der Waals surface area contributed by atoms with Crippen LogP contribution in [0.3, 0.4) is 0 Å². The van der Waals surface area contributed by atoms with E-state index in [9.17, 15) is 0 Å². The predicted molar refractivity (Wildman–Crippen MR) is 11.5 cm³/mol. The fourth-order valence-corrected chi connectivity index (χ4v) is 0. The van der Waals surface area contributed by atoms with Crippen molar-refractivity contribution in [2.24, 2.45) is 0 Å². The van der Waals surface area contributed by atoms with Crippen LogP contribution in [0.2, 0.25) is 0 Å². The molecule has 0 amide bonds. The van der Waals surface area contributed by atoms with Crippen molar-refractivity contribution in [3.05, 3.63) is 0 Å².